The number of aliphatic hydroxyl groups is 3. The zero-order valence-electron chi connectivity index (χ0n) is 9.23. The molecule has 1 unspecified atom stereocenters. The van der Waals surface area contributed by atoms with Gasteiger partial charge in [-0.25, -0.2) is 0 Å². The van der Waals surface area contributed by atoms with E-state index in [-0.39, 0.29) is 25.4 Å². The predicted molar refractivity (Wildman–Crippen MR) is 58.5 cm³/mol. The van der Waals surface area contributed by atoms with Crippen LogP contribution in [0.5, 0.6) is 0 Å². The van der Waals surface area contributed by atoms with Crippen LogP contribution in [-0.4, -0.2) is 47.2 Å². The van der Waals surface area contributed by atoms with Gasteiger partial charge in [-0.05, 0) is 12.3 Å². The van der Waals surface area contributed by atoms with Gasteiger partial charge in [0.2, 0.25) is 0 Å². The van der Waals surface area contributed by atoms with Gasteiger partial charge in [0.05, 0.1) is 25.4 Å². The molecule has 0 aromatic carbocycles. The maximum absolute atomic E-state index is 9.72. The fourth-order valence-corrected chi connectivity index (χ4v) is 2.20. The first-order valence-corrected chi connectivity index (χ1v) is 5.89. The minimum absolute atomic E-state index is 0.0906. The first-order valence-electron chi connectivity index (χ1n) is 5.89. The van der Waals surface area contributed by atoms with E-state index in [2.05, 4.69) is 5.32 Å². The highest BCUT2D eigenvalue weighted by Gasteiger charge is 2.19. The van der Waals surface area contributed by atoms with Crippen LogP contribution in [-0.2, 0) is 0 Å². The Morgan fingerprint density at radius 2 is 1.73 bits per heavy atom. The number of aliphatic hydroxyl groups excluding tert-OH is 3. The van der Waals surface area contributed by atoms with E-state index in [1.807, 2.05) is 0 Å². The van der Waals surface area contributed by atoms with E-state index in [1.54, 1.807) is 0 Å². The SMILES string of the molecule is OCC(CO)NCC(O)CC1CCCC1. The molecule has 0 radical (unpaired) electrons. The second-order valence-electron chi connectivity index (χ2n) is 4.51. The quantitative estimate of drug-likeness (QED) is 0.479. The summed E-state index contributed by atoms with van der Waals surface area (Å²) in [4.78, 5) is 0. The summed E-state index contributed by atoms with van der Waals surface area (Å²) in [6.45, 7) is 0.279. The zero-order chi connectivity index (χ0) is 11.1. The molecule has 1 rings (SSSR count). The summed E-state index contributed by atoms with van der Waals surface area (Å²) in [6.07, 6.45) is 5.55. The maximum Gasteiger partial charge on any atom is 0.0667 e. The molecular weight excluding hydrogens is 194 g/mol. The van der Waals surface area contributed by atoms with Crippen molar-refractivity contribution in [2.75, 3.05) is 19.8 Å². The minimum Gasteiger partial charge on any atom is -0.395 e. The van der Waals surface area contributed by atoms with Crippen molar-refractivity contribution in [1.29, 1.82) is 0 Å². The number of hydrogen-bond acceptors (Lipinski definition) is 4. The van der Waals surface area contributed by atoms with Crippen LogP contribution in [0.3, 0.4) is 0 Å². The van der Waals surface area contributed by atoms with E-state index in [4.69, 9.17) is 10.2 Å². The van der Waals surface area contributed by atoms with Gasteiger partial charge in [-0.2, -0.15) is 0 Å². The summed E-state index contributed by atoms with van der Waals surface area (Å²) in [5, 5.41) is 30.3. The first kappa shape index (κ1) is 12.9. The third-order valence-corrected chi connectivity index (χ3v) is 3.16. The van der Waals surface area contributed by atoms with E-state index in [1.165, 1.54) is 25.7 Å². The van der Waals surface area contributed by atoms with Gasteiger partial charge in [0.1, 0.15) is 0 Å². The molecule has 4 nitrogen and oxygen atoms in total. The van der Waals surface area contributed by atoms with E-state index in [0.29, 0.717) is 12.5 Å². The molecule has 1 atom stereocenters. The van der Waals surface area contributed by atoms with Gasteiger partial charge >= 0.3 is 0 Å². The number of rotatable bonds is 7. The molecule has 1 saturated carbocycles. The summed E-state index contributed by atoms with van der Waals surface area (Å²) in [6, 6.07) is -0.303. The van der Waals surface area contributed by atoms with Crippen LogP contribution in [0.4, 0.5) is 0 Å². The lowest BCUT2D eigenvalue weighted by Crippen LogP contribution is -2.40. The van der Waals surface area contributed by atoms with Crippen LogP contribution in [0.1, 0.15) is 32.1 Å². The molecular formula is C11H23NO3. The Kier molecular flexibility index (Phi) is 6.17. The molecule has 0 aromatic rings. The Balaban J connectivity index is 2.09. The molecule has 1 aliphatic carbocycles. The van der Waals surface area contributed by atoms with Gasteiger partial charge in [0.15, 0.2) is 0 Å². The van der Waals surface area contributed by atoms with Crippen molar-refractivity contribution in [2.24, 2.45) is 5.92 Å². The van der Waals surface area contributed by atoms with Crippen molar-refractivity contribution in [2.45, 2.75) is 44.2 Å². The maximum atomic E-state index is 9.72. The van der Waals surface area contributed by atoms with Gasteiger partial charge in [-0.1, -0.05) is 25.7 Å². The van der Waals surface area contributed by atoms with Crippen LogP contribution >= 0.6 is 0 Å². The smallest absolute Gasteiger partial charge is 0.0667 e. The molecule has 15 heavy (non-hydrogen) atoms. The largest absolute Gasteiger partial charge is 0.395 e. The highest BCUT2D eigenvalue weighted by atomic mass is 16.3. The summed E-state index contributed by atoms with van der Waals surface area (Å²) < 4.78 is 0. The summed E-state index contributed by atoms with van der Waals surface area (Å²) in [5.41, 5.74) is 0. The minimum atomic E-state index is -0.353. The third-order valence-electron chi connectivity index (χ3n) is 3.16. The average molecular weight is 217 g/mol. The molecule has 1 fully saturated rings. The van der Waals surface area contributed by atoms with E-state index in [9.17, 15) is 5.11 Å². The van der Waals surface area contributed by atoms with Crippen LogP contribution < -0.4 is 5.32 Å². The second kappa shape index (κ2) is 7.17. The zero-order valence-corrected chi connectivity index (χ0v) is 9.23. The molecule has 0 heterocycles. The fraction of sp³-hybridized carbons (Fsp3) is 1.00. The second-order valence-corrected chi connectivity index (χ2v) is 4.51. The summed E-state index contributed by atoms with van der Waals surface area (Å²) >= 11 is 0. The van der Waals surface area contributed by atoms with Crippen molar-refractivity contribution >= 4 is 0 Å². The summed E-state index contributed by atoms with van der Waals surface area (Å²) in [5.74, 6) is 0.670. The Bertz CT molecular complexity index is 156. The first-order chi connectivity index (χ1) is 7.26. The molecule has 1 aliphatic rings. The lowest BCUT2D eigenvalue weighted by atomic mass is 10.00. The Morgan fingerprint density at radius 3 is 2.27 bits per heavy atom. The molecule has 4 heteroatoms. The molecule has 0 aromatic heterocycles. The monoisotopic (exact) mass is 217 g/mol. The van der Waals surface area contributed by atoms with Crippen molar-refractivity contribution in [3.8, 4) is 0 Å². The van der Waals surface area contributed by atoms with E-state index >= 15 is 0 Å². The van der Waals surface area contributed by atoms with Crippen LogP contribution in [0.15, 0.2) is 0 Å². The van der Waals surface area contributed by atoms with Crippen LogP contribution in [0.25, 0.3) is 0 Å². The lowest BCUT2D eigenvalue weighted by molar-refractivity contribution is 0.117. The Hall–Kier alpha value is -0.160. The standard InChI is InChI=1S/C11H23NO3/c13-7-10(8-14)12-6-11(15)5-9-3-1-2-4-9/h9-15H,1-8H2. The molecule has 4 N–H and O–H groups in total. The summed E-state index contributed by atoms with van der Waals surface area (Å²) in [7, 11) is 0. The molecule has 0 amide bonds. The van der Waals surface area contributed by atoms with Gasteiger partial charge in [0, 0.05) is 6.54 Å². The number of hydrogen-bond donors (Lipinski definition) is 4. The average Bonchev–Trinajstić information content (AvgIpc) is 2.72. The van der Waals surface area contributed by atoms with E-state index < -0.39 is 0 Å². The Morgan fingerprint density at radius 1 is 1.13 bits per heavy atom. The van der Waals surface area contributed by atoms with Gasteiger partial charge in [-0.3, -0.25) is 0 Å². The number of nitrogens with one attached hydrogen (secondary N) is 1. The molecule has 90 valence electrons. The van der Waals surface area contributed by atoms with Crippen LogP contribution in [0.2, 0.25) is 0 Å². The highest BCUT2D eigenvalue weighted by molar-refractivity contribution is 4.74. The predicted octanol–water partition coefficient (Wildman–Crippen LogP) is -0.130. The van der Waals surface area contributed by atoms with Crippen molar-refractivity contribution in [1.82, 2.24) is 5.32 Å². The normalized spacial score (nSPS) is 20.0. The lowest BCUT2D eigenvalue weighted by Gasteiger charge is -2.19. The van der Waals surface area contributed by atoms with Gasteiger partial charge in [0.25, 0.3) is 0 Å². The van der Waals surface area contributed by atoms with Crippen molar-refractivity contribution < 1.29 is 15.3 Å². The Labute approximate surface area is 91.3 Å². The molecule has 0 aliphatic heterocycles. The third kappa shape index (κ3) is 4.93. The fourth-order valence-electron chi connectivity index (χ4n) is 2.20. The van der Waals surface area contributed by atoms with Crippen LogP contribution in [0, 0.1) is 5.92 Å². The molecule has 0 spiro atoms. The topological polar surface area (TPSA) is 72.7 Å². The van der Waals surface area contributed by atoms with Crippen molar-refractivity contribution in [3.63, 3.8) is 0 Å². The van der Waals surface area contributed by atoms with Crippen molar-refractivity contribution in [3.05, 3.63) is 0 Å². The van der Waals surface area contributed by atoms with E-state index in [0.717, 1.165) is 6.42 Å². The highest BCUT2D eigenvalue weighted by Crippen LogP contribution is 2.28. The molecule has 0 saturated heterocycles. The molecule has 0 bridgehead atoms. The van der Waals surface area contributed by atoms with Gasteiger partial charge < -0.3 is 20.6 Å². The van der Waals surface area contributed by atoms with Gasteiger partial charge in [-0.15, -0.1) is 0 Å².